The molecule has 0 spiro atoms. The van der Waals surface area contributed by atoms with E-state index in [1.54, 1.807) is 6.92 Å². The summed E-state index contributed by atoms with van der Waals surface area (Å²) in [6.45, 7) is 1.57. The summed E-state index contributed by atoms with van der Waals surface area (Å²) in [6.07, 6.45) is -10.5. The van der Waals surface area contributed by atoms with Crippen LogP contribution in [0.2, 0.25) is 0 Å². The van der Waals surface area contributed by atoms with Crippen LogP contribution in [0.3, 0.4) is 0 Å². The summed E-state index contributed by atoms with van der Waals surface area (Å²) in [4.78, 5) is 16.0. The van der Waals surface area contributed by atoms with Crippen molar-refractivity contribution in [1.29, 1.82) is 0 Å². The van der Waals surface area contributed by atoms with Crippen molar-refractivity contribution in [3.63, 3.8) is 0 Å². The maximum absolute atomic E-state index is 13.1. The number of esters is 1. The molecule has 1 N–H and O–H groups in total. The first kappa shape index (κ1) is 22.5. The van der Waals surface area contributed by atoms with Crippen LogP contribution in [0, 0.1) is 11.7 Å². The number of aliphatic hydroxyl groups excluding tert-OH is 1. The summed E-state index contributed by atoms with van der Waals surface area (Å²) in [5.74, 6) is -3.32. The molecule has 10 heteroatoms. The minimum atomic E-state index is -4.74. The van der Waals surface area contributed by atoms with E-state index < -0.39 is 42.2 Å². The molecule has 2 atom stereocenters. The highest BCUT2D eigenvalue weighted by Gasteiger charge is 2.44. The Morgan fingerprint density at radius 2 is 1.83 bits per heavy atom. The Morgan fingerprint density at radius 1 is 1.17 bits per heavy atom. The van der Waals surface area contributed by atoms with Crippen molar-refractivity contribution < 1.29 is 41.3 Å². The Morgan fingerprint density at radius 3 is 2.41 bits per heavy atom. The highest BCUT2D eigenvalue weighted by Crippen LogP contribution is 2.29. The first-order valence-electron chi connectivity index (χ1n) is 8.55. The third-order valence-corrected chi connectivity index (χ3v) is 3.89. The quantitative estimate of drug-likeness (QED) is 0.493. The Labute approximate surface area is 163 Å². The molecule has 2 unspecified atom stereocenters. The zero-order valence-corrected chi connectivity index (χ0v) is 15.2. The van der Waals surface area contributed by atoms with E-state index in [4.69, 9.17) is 4.74 Å². The van der Waals surface area contributed by atoms with Gasteiger partial charge in [0.25, 0.3) is 0 Å². The Kier molecular flexibility index (Phi) is 7.49. The van der Waals surface area contributed by atoms with Gasteiger partial charge >= 0.3 is 18.5 Å². The van der Waals surface area contributed by atoms with Gasteiger partial charge in [0, 0.05) is 18.2 Å². The number of alkyl halides is 4. The summed E-state index contributed by atoms with van der Waals surface area (Å²) in [6, 6.07) is 8.28. The third-order valence-electron chi connectivity index (χ3n) is 3.89. The summed E-state index contributed by atoms with van der Waals surface area (Å²) in [5, 5.41) is 10.6. The topological polar surface area (TPSA) is 68.7 Å². The lowest BCUT2D eigenvalue weighted by molar-refractivity contribution is -0.254. The van der Waals surface area contributed by atoms with Crippen molar-refractivity contribution in [1.82, 2.24) is 4.98 Å². The maximum Gasteiger partial charge on any atom is 0.462 e. The highest BCUT2D eigenvalue weighted by atomic mass is 19.3. The molecule has 158 valence electrons. The fourth-order valence-electron chi connectivity index (χ4n) is 2.50. The van der Waals surface area contributed by atoms with Gasteiger partial charge in [-0.3, -0.25) is 4.79 Å². The molecule has 1 heterocycles. The molecule has 2 rings (SSSR count). The Bertz CT molecular complexity index is 817. The largest absolute Gasteiger partial charge is 0.466 e. The molecule has 1 aromatic carbocycles. The summed E-state index contributed by atoms with van der Waals surface area (Å²) in [5.41, 5.74) is 0.243. The number of benzene rings is 1. The molecule has 0 amide bonds. The molecule has 0 aliphatic rings. The highest BCUT2D eigenvalue weighted by molar-refractivity contribution is 5.73. The number of halogens is 5. The van der Waals surface area contributed by atoms with E-state index in [-0.39, 0.29) is 24.3 Å². The number of hydrogen-bond donors (Lipinski definition) is 1. The number of nitrogens with zero attached hydrogens (tertiary/aromatic N) is 1. The monoisotopic (exact) mass is 419 g/mol. The third kappa shape index (κ3) is 6.11. The first-order chi connectivity index (χ1) is 13.6. The van der Waals surface area contributed by atoms with Crippen molar-refractivity contribution in [2.75, 3.05) is 6.61 Å². The lowest BCUT2D eigenvalue weighted by Gasteiger charge is -2.22. The summed E-state index contributed by atoms with van der Waals surface area (Å²) in [7, 11) is 0. The van der Waals surface area contributed by atoms with Gasteiger partial charge in [-0.05, 0) is 30.7 Å². The van der Waals surface area contributed by atoms with Crippen molar-refractivity contribution in [3.8, 4) is 5.88 Å². The minimum absolute atomic E-state index is 0.0165. The van der Waals surface area contributed by atoms with Crippen LogP contribution in [0.5, 0.6) is 5.88 Å². The molecule has 29 heavy (non-hydrogen) atoms. The SMILES string of the molecule is CCOC(=O)C(Cc1cccc(OC(F)(F)C(F)F)n1)C(O)c1ccc(F)cc1. The maximum atomic E-state index is 13.1. The van der Waals surface area contributed by atoms with Crippen LogP contribution in [0.25, 0.3) is 0 Å². The van der Waals surface area contributed by atoms with Gasteiger partial charge < -0.3 is 14.6 Å². The first-order valence-corrected chi connectivity index (χ1v) is 8.55. The fourth-order valence-corrected chi connectivity index (χ4v) is 2.50. The molecular formula is C19H18F5NO4. The molecule has 0 saturated carbocycles. The van der Waals surface area contributed by atoms with Gasteiger partial charge in [0.2, 0.25) is 5.88 Å². The predicted octanol–water partition coefficient (Wildman–Crippen LogP) is 3.91. The van der Waals surface area contributed by atoms with Gasteiger partial charge in [0.15, 0.2) is 0 Å². The van der Waals surface area contributed by atoms with Crippen molar-refractivity contribution in [2.24, 2.45) is 5.92 Å². The van der Waals surface area contributed by atoms with E-state index in [0.29, 0.717) is 0 Å². The lowest BCUT2D eigenvalue weighted by atomic mass is 9.91. The summed E-state index contributed by atoms with van der Waals surface area (Å²) >= 11 is 0. The molecular weight excluding hydrogens is 401 g/mol. The van der Waals surface area contributed by atoms with E-state index in [9.17, 15) is 31.9 Å². The molecule has 0 bridgehead atoms. The average Bonchev–Trinajstić information content (AvgIpc) is 2.66. The van der Waals surface area contributed by atoms with Gasteiger partial charge in [0.05, 0.1) is 18.6 Å². The zero-order chi connectivity index (χ0) is 21.6. The predicted molar refractivity (Wildman–Crippen MR) is 91.0 cm³/mol. The van der Waals surface area contributed by atoms with Crippen LogP contribution in [-0.4, -0.2) is 35.2 Å². The molecule has 0 radical (unpaired) electrons. The zero-order valence-electron chi connectivity index (χ0n) is 15.2. The number of carbonyl (C=O) groups is 1. The van der Waals surface area contributed by atoms with Gasteiger partial charge in [0.1, 0.15) is 5.82 Å². The molecule has 0 aliphatic heterocycles. The average molecular weight is 419 g/mol. The molecule has 2 aromatic rings. The van der Waals surface area contributed by atoms with Gasteiger partial charge in [-0.2, -0.15) is 17.6 Å². The molecule has 0 fully saturated rings. The Balaban J connectivity index is 2.26. The number of rotatable bonds is 9. The molecule has 1 aromatic heterocycles. The minimum Gasteiger partial charge on any atom is -0.466 e. The second-order valence-electron chi connectivity index (χ2n) is 5.99. The second kappa shape index (κ2) is 9.64. The number of aromatic nitrogens is 1. The van der Waals surface area contributed by atoms with Crippen molar-refractivity contribution in [2.45, 2.75) is 32.0 Å². The normalized spacial score (nSPS) is 13.8. The van der Waals surface area contributed by atoms with Crippen molar-refractivity contribution in [3.05, 3.63) is 59.5 Å². The van der Waals surface area contributed by atoms with Crippen molar-refractivity contribution >= 4 is 5.97 Å². The lowest BCUT2D eigenvalue weighted by Crippen LogP contribution is -2.34. The standard InChI is InChI=1S/C19H18F5NO4/c1-2-28-17(27)14(16(26)11-6-8-12(20)9-7-11)10-13-4-3-5-15(25-13)29-19(23,24)18(21)22/h3-9,14,16,18,26H,2,10H2,1H3. The van der Waals surface area contributed by atoms with Crippen LogP contribution in [0.4, 0.5) is 22.0 Å². The smallest absolute Gasteiger partial charge is 0.462 e. The number of carbonyl (C=O) groups excluding carboxylic acids is 1. The number of ether oxygens (including phenoxy) is 2. The Hall–Kier alpha value is -2.75. The van der Waals surface area contributed by atoms with Crippen LogP contribution < -0.4 is 4.74 Å². The van der Waals surface area contributed by atoms with E-state index in [1.807, 2.05) is 0 Å². The van der Waals surface area contributed by atoms with Gasteiger partial charge in [-0.1, -0.05) is 18.2 Å². The molecule has 0 aliphatic carbocycles. The molecule has 0 saturated heterocycles. The number of hydrogen-bond acceptors (Lipinski definition) is 5. The van der Waals surface area contributed by atoms with Crippen LogP contribution in [0.15, 0.2) is 42.5 Å². The number of aliphatic hydroxyl groups is 1. The summed E-state index contributed by atoms with van der Waals surface area (Å²) < 4.78 is 72.7. The van der Waals surface area contributed by atoms with E-state index in [2.05, 4.69) is 9.72 Å². The molecule has 5 nitrogen and oxygen atoms in total. The van der Waals surface area contributed by atoms with Crippen LogP contribution >= 0.6 is 0 Å². The van der Waals surface area contributed by atoms with Gasteiger partial charge in [-0.25, -0.2) is 9.37 Å². The second-order valence-corrected chi connectivity index (χ2v) is 5.99. The van der Waals surface area contributed by atoms with E-state index in [1.165, 1.54) is 24.3 Å². The van der Waals surface area contributed by atoms with E-state index in [0.717, 1.165) is 18.2 Å². The van der Waals surface area contributed by atoms with Crippen LogP contribution in [0.1, 0.15) is 24.3 Å². The van der Waals surface area contributed by atoms with Gasteiger partial charge in [-0.15, -0.1) is 0 Å². The van der Waals surface area contributed by atoms with E-state index >= 15 is 0 Å². The van der Waals surface area contributed by atoms with Crippen LogP contribution in [-0.2, 0) is 16.0 Å². The fraction of sp³-hybridized carbons (Fsp3) is 0.368. The number of pyridine rings is 1.